The number of hydrogen-bond acceptors (Lipinski definition) is 4. The maximum Gasteiger partial charge on any atom is 0.359 e. The first-order valence-electron chi connectivity index (χ1n) is 7.43. The summed E-state index contributed by atoms with van der Waals surface area (Å²) >= 11 is 13.0. The molecule has 0 amide bonds. The lowest BCUT2D eigenvalue weighted by atomic mass is 10.1. The molecule has 1 atom stereocenters. The summed E-state index contributed by atoms with van der Waals surface area (Å²) in [6.45, 7) is 5.47. The van der Waals surface area contributed by atoms with Gasteiger partial charge in [-0.05, 0) is 38.5 Å². The third-order valence-corrected chi connectivity index (χ3v) is 3.80. The predicted octanol–water partition coefficient (Wildman–Crippen LogP) is 4.71. The van der Waals surface area contributed by atoms with Crippen LogP contribution in [-0.2, 0) is 13.8 Å². The number of rotatable bonds is 5. The number of halogens is 2. The van der Waals surface area contributed by atoms with Crippen LogP contribution in [0.2, 0.25) is 0 Å². The summed E-state index contributed by atoms with van der Waals surface area (Å²) in [5.74, 6) is -0.661. The molecule has 0 aliphatic heterocycles. The molecule has 0 N–H and O–H groups in total. The van der Waals surface area contributed by atoms with Crippen molar-refractivity contribution in [3.63, 3.8) is 0 Å². The molecule has 0 spiro atoms. The van der Waals surface area contributed by atoms with E-state index < -0.39 is 22.2 Å². The summed E-state index contributed by atoms with van der Waals surface area (Å²) in [5.41, 5.74) is 0.0902. The van der Waals surface area contributed by atoms with Gasteiger partial charge in [0.2, 0.25) is 10.6 Å². The molecular weight excluding hydrogens is 349 g/mol. The van der Waals surface area contributed by atoms with E-state index in [1.54, 1.807) is 42.5 Å². The number of benzene rings is 1. The summed E-state index contributed by atoms with van der Waals surface area (Å²) in [4.78, 5) is 16.3. The molecule has 0 fully saturated rings. The zero-order chi connectivity index (χ0) is 17.8. The minimum atomic E-state index is -1.57. The van der Waals surface area contributed by atoms with Crippen LogP contribution in [0.15, 0.2) is 54.7 Å². The molecule has 0 aliphatic carbocycles. The van der Waals surface area contributed by atoms with Crippen LogP contribution in [0.1, 0.15) is 36.8 Å². The highest BCUT2D eigenvalue weighted by molar-refractivity contribution is 6.48. The summed E-state index contributed by atoms with van der Waals surface area (Å²) in [6.07, 6.45) is 0.292. The number of pyridine rings is 1. The van der Waals surface area contributed by atoms with E-state index in [0.717, 1.165) is 0 Å². The quantitative estimate of drug-likeness (QED) is 0.436. The van der Waals surface area contributed by atoms with Crippen LogP contribution in [0.5, 0.6) is 0 Å². The molecule has 2 aromatic rings. The van der Waals surface area contributed by atoms with Gasteiger partial charge in [-0.3, -0.25) is 0 Å². The van der Waals surface area contributed by atoms with E-state index in [2.05, 4.69) is 4.98 Å². The molecule has 0 aliphatic rings. The number of carbonyl (C=O) groups excluding carboxylic acids is 1. The Bertz CT molecular complexity index is 670. The van der Waals surface area contributed by atoms with Gasteiger partial charge < -0.3 is 9.47 Å². The second-order valence-corrected chi connectivity index (χ2v) is 7.56. The van der Waals surface area contributed by atoms with Gasteiger partial charge in [-0.2, -0.15) is 0 Å². The lowest BCUT2D eigenvalue weighted by molar-refractivity contribution is -0.176. The maximum absolute atomic E-state index is 12.3. The highest BCUT2D eigenvalue weighted by Crippen LogP contribution is 2.41. The van der Waals surface area contributed by atoms with Gasteiger partial charge in [-0.25, -0.2) is 9.78 Å². The highest BCUT2D eigenvalue weighted by atomic mass is 35.5. The van der Waals surface area contributed by atoms with Crippen molar-refractivity contribution in [2.24, 2.45) is 0 Å². The van der Waals surface area contributed by atoms with Crippen molar-refractivity contribution in [1.29, 1.82) is 0 Å². The number of ether oxygens (including phenoxy) is 2. The Kier molecular flexibility index (Phi) is 5.86. The summed E-state index contributed by atoms with van der Waals surface area (Å²) in [7, 11) is 0. The second-order valence-electron chi connectivity index (χ2n) is 6.17. The van der Waals surface area contributed by atoms with Gasteiger partial charge in [0, 0.05) is 6.20 Å². The Morgan fingerprint density at radius 1 is 1.04 bits per heavy atom. The Morgan fingerprint density at radius 3 is 2.21 bits per heavy atom. The molecule has 4 nitrogen and oxygen atoms in total. The molecule has 0 bridgehead atoms. The van der Waals surface area contributed by atoms with E-state index in [4.69, 9.17) is 32.7 Å². The van der Waals surface area contributed by atoms with Crippen LogP contribution < -0.4 is 0 Å². The van der Waals surface area contributed by atoms with Gasteiger partial charge in [0.1, 0.15) is 5.69 Å². The van der Waals surface area contributed by atoms with Crippen LogP contribution in [-0.4, -0.2) is 22.8 Å². The van der Waals surface area contributed by atoms with E-state index in [-0.39, 0.29) is 5.69 Å². The fourth-order valence-electron chi connectivity index (χ4n) is 1.93. The van der Waals surface area contributed by atoms with Gasteiger partial charge in [0.25, 0.3) is 0 Å². The van der Waals surface area contributed by atoms with Gasteiger partial charge in [0.05, 0.1) is 5.60 Å². The number of nitrogens with zero attached hydrogens (tertiary/aromatic N) is 1. The number of alkyl halides is 2. The molecule has 24 heavy (non-hydrogen) atoms. The number of hydrogen-bond donors (Lipinski definition) is 0. The number of carbonyl (C=O) groups is 1. The maximum atomic E-state index is 12.3. The van der Waals surface area contributed by atoms with Crippen molar-refractivity contribution in [2.45, 2.75) is 37.0 Å². The van der Waals surface area contributed by atoms with Crippen LogP contribution in [0.4, 0.5) is 0 Å². The van der Waals surface area contributed by atoms with Crippen LogP contribution >= 0.6 is 23.2 Å². The molecule has 1 aromatic carbocycles. The number of esters is 1. The normalized spacial score (nSPS) is 13.4. The molecule has 0 saturated heterocycles. The molecule has 0 radical (unpaired) electrons. The van der Waals surface area contributed by atoms with Crippen LogP contribution in [0, 0.1) is 0 Å². The largest absolute Gasteiger partial charge is 0.427 e. The van der Waals surface area contributed by atoms with Crippen molar-refractivity contribution in [1.82, 2.24) is 4.98 Å². The molecule has 1 unspecified atom stereocenters. The first-order chi connectivity index (χ1) is 11.2. The third kappa shape index (κ3) is 4.94. The number of aromatic nitrogens is 1. The monoisotopic (exact) mass is 367 g/mol. The van der Waals surface area contributed by atoms with E-state index in [9.17, 15) is 4.79 Å². The van der Waals surface area contributed by atoms with E-state index in [0.29, 0.717) is 5.56 Å². The average molecular weight is 368 g/mol. The van der Waals surface area contributed by atoms with Crippen molar-refractivity contribution in [2.75, 3.05) is 0 Å². The van der Waals surface area contributed by atoms with Crippen molar-refractivity contribution in [3.8, 4) is 0 Å². The molecule has 0 saturated carbocycles. The average Bonchev–Trinajstić information content (AvgIpc) is 2.54. The molecule has 1 heterocycles. The van der Waals surface area contributed by atoms with Gasteiger partial charge in [0.15, 0.2) is 0 Å². The Labute approximate surface area is 151 Å². The lowest BCUT2D eigenvalue weighted by Crippen LogP contribution is -2.41. The minimum Gasteiger partial charge on any atom is -0.427 e. The van der Waals surface area contributed by atoms with Crippen molar-refractivity contribution < 1.29 is 14.3 Å². The Balaban J connectivity index is 2.29. The van der Waals surface area contributed by atoms with Crippen molar-refractivity contribution in [3.05, 3.63) is 66.0 Å². The molecule has 1 aromatic heterocycles. The smallest absolute Gasteiger partial charge is 0.359 e. The molecular formula is C18H19Cl2NO3. The first-order valence-corrected chi connectivity index (χ1v) is 8.19. The third-order valence-electron chi connectivity index (χ3n) is 3.00. The molecule has 128 valence electrons. The second kappa shape index (κ2) is 7.51. The molecule has 2 rings (SSSR count). The topological polar surface area (TPSA) is 48.4 Å². The zero-order valence-corrected chi connectivity index (χ0v) is 15.2. The minimum absolute atomic E-state index is 0.150. The van der Waals surface area contributed by atoms with Crippen LogP contribution in [0.25, 0.3) is 0 Å². The lowest BCUT2D eigenvalue weighted by Gasteiger charge is -2.34. The SMILES string of the molecule is CC(C)(C)OC(OC(=O)c1ccccn1)C(Cl)(Cl)c1ccccc1. The first kappa shape index (κ1) is 18.7. The summed E-state index contributed by atoms with van der Waals surface area (Å²) in [5, 5.41) is 0. The highest BCUT2D eigenvalue weighted by Gasteiger charge is 2.43. The van der Waals surface area contributed by atoms with E-state index in [1.165, 1.54) is 6.20 Å². The van der Waals surface area contributed by atoms with Crippen molar-refractivity contribution >= 4 is 29.2 Å². The van der Waals surface area contributed by atoms with Gasteiger partial charge in [-0.1, -0.05) is 59.6 Å². The van der Waals surface area contributed by atoms with E-state index in [1.807, 2.05) is 26.8 Å². The summed E-state index contributed by atoms with van der Waals surface area (Å²) in [6, 6.07) is 13.9. The van der Waals surface area contributed by atoms with Gasteiger partial charge >= 0.3 is 5.97 Å². The Morgan fingerprint density at radius 2 is 1.67 bits per heavy atom. The fourth-order valence-corrected chi connectivity index (χ4v) is 2.36. The zero-order valence-electron chi connectivity index (χ0n) is 13.7. The Hall–Kier alpha value is -1.62. The summed E-state index contributed by atoms with van der Waals surface area (Å²) < 4.78 is 9.69. The predicted molar refractivity (Wildman–Crippen MR) is 94.1 cm³/mol. The van der Waals surface area contributed by atoms with Crippen LogP contribution in [0.3, 0.4) is 0 Å². The fraction of sp³-hybridized carbons (Fsp3) is 0.333. The van der Waals surface area contributed by atoms with Gasteiger partial charge in [-0.15, -0.1) is 0 Å². The molecule has 6 heteroatoms. The van der Waals surface area contributed by atoms with E-state index >= 15 is 0 Å². The standard InChI is InChI=1S/C18H19Cl2NO3/c1-17(2,3)24-16(18(19,20)13-9-5-4-6-10-13)23-15(22)14-11-7-8-12-21-14/h4-12,16H,1-3H3.